The lowest BCUT2D eigenvalue weighted by atomic mass is 10.0. The van der Waals surface area contributed by atoms with Gasteiger partial charge in [-0.2, -0.15) is 0 Å². The van der Waals surface area contributed by atoms with Crippen molar-refractivity contribution in [1.29, 1.82) is 0 Å². The number of Topliss-reactive ketones (excluding diaryl/α,β-unsaturated/α-hetero) is 1. The summed E-state index contributed by atoms with van der Waals surface area (Å²) >= 11 is 0. The summed E-state index contributed by atoms with van der Waals surface area (Å²) < 4.78 is 0. The maximum absolute atomic E-state index is 11.1. The van der Waals surface area contributed by atoms with Crippen LogP contribution in [-0.2, 0) is 0 Å². The Hall–Kier alpha value is -1.91. The van der Waals surface area contributed by atoms with Crippen molar-refractivity contribution in [2.45, 2.75) is 6.92 Å². The van der Waals surface area contributed by atoms with Crippen molar-refractivity contribution in [1.82, 2.24) is 0 Å². The van der Waals surface area contributed by atoms with Gasteiger partial charge in [-0.3, -0.25) is 4.79 Å². The van der Waals surface area contributed by atoms with Gasteiger partial charge in [-0.05, 0) is 13.0 Å². The Morgan fingerprint density at radius 3 is 2.08 bits per heavy atom. The van der Waals surface area contributed by atoms with Crippen LogP contribution in [0, 0.1) is 0 Å². The second-order valence-electron chi connectivity index (χ2n) is 2.81. The van der Waals surface area contributed by atoms with Crippen LogP contribution in [0.4, 0.5) is 22.7 Å². The summed E-state index contributed by atoms with van der Waals surface area (Å²) in [6, 6.07) is 1.43. The fourth-order valence-electron chi connectivity index (χ4n) is 1.16. The lowest BCUT2D eigenvalue weighted by molar-refractivity contribution is 0.101. The molecule has 0 aliphatic rings. The molecule has 0 heterocycles. The highest BCUT2D eigenvalue weighted by Gasteiger charge is 2.13. The molecular weight excluding hydrogens is 168 g/mol. The van der Waals surface area contributed by atoms with Crippen LogP contribution >= 0.6 is 0 Å². The van der Waals surface area contributed by atoms with Gasteiger partial charge >= 0.3 is 0 Å². The number of nitrogens with two attached hydrogens (primary N) is 4. The van der Waals surface area contributed by atoms with Gasteiger partial charge in [0.1, 0.15) is 0 Å². The van der Waals surface area contributed by atoms with E-state index in [2.05, 4.69) is 0 Å². The molecule has 1 aromatic rings. The standard InChI is InChI=1S/C8H12N4O/c1-3(13)6-4(9)2-5(10)7(11)8(6)12/h2H,9-12H2,1H3. The van der Waals surface area contributed by atoms with Gasteiger partial charge in [0.25, 0.3) is 0 Å². The molecule has 0 aliphatic carbocycles. The van der Waals surface area contributed by atoms with Crippen molar-refractivity contribution in [3.05, 3.63) is 11.6 Å². The molecule has 5 heteroatoms. The molecule has 70 valence electrons. The Labute approximate surface area is 75.7 Å². The Morgan fingerprint density at radius 2 is 1.62 bits per heavy atom. The molecule has 0 saturated carbocycles. The lowest BCUT2D eigenvalue weighted by Gasteiger charge is -2.10. The van der Waals surface area contributed by atoms with Gasteiger partial charge in [0.05, 0.1) is 22.6 Å². The normalized spacial score (nSPS) is 9.92. The smallest absolute Gasteiger partial charge is 0.164 e. The number of carbonyl (C=O) groups is 1. The van der Waals surface area contributed by atoms with Gasteiger partial charge in [0.15, 0.2) is 5.78 Å². The summed E-state index contributed by atoms with van der Waals surface area (Å²) in [7, 11) is 0. The van der Waals surface area contributed by atoms with E-state index >= 15 is 0 Å². The molecule has 0 aliphatic heterocycles. The second-order valence-corrected chi connectivity index (χ2v) is 2.81. The number of hydrogen-bond acceptors (Lipinski definition) is 5. The number of anilines is 4. The molecule has 8 N–H and O–H groups in total. The molecule has 0 saturated heterocycles. The van der Waals surface area contributed by atoms with E-state index in [1.54, 1.807) is 0 Å². The van der Waals surface area contributed by atoms with Crippen LogP contribution in [0.15, 0.2) is 6.07 Å². The molecule has 1 aromatic carbocycles. The van der Waals surface area contributed by atoms with E-state index in [0.717, 1.165) is 0 Å². The minimum Gasteiger partial charge on any atom is -0.398 e. The van der Waals surface area contributed by atoms with Gasteiger partial charge in [-0.15, -0.1) is 0 Å². The molecule has 5 nitrogen and oxygen atoms in total. The zero-order valence-electron chi connectivity index (χ0n) is 7.29. The first-order valence-corrected chi connectivity index (χ1v) is 3.69. The predicted octanol–water partition coefficient (Wildman–Crippen LogP) is 0.218. The number of benzene rings is 1. The molecule has 0 bridgehead atoms. The highest BCUT2D eigenvalue weighted by atomic mass is 16.1. The Bertz CT molecular complexity index is 373. The minimum atomic E-state index is -0.221. The Morgan fingerprint density at radius 1 is 1.08 bits per heavy atom. The van der Waals surface area contributed by atoms with E-state index in [1.165, 1.54) is 13.0 Å². The molecule has 0 radical (unpaired) electrons. The van der Waals surface area contributed by atoms with Crippen LogP contribution in [0.2, 0.25) is 0 Å². The van der Waals surface area contributed by atoms with Crippen LogP contribution in [-0.4, -0.2) is 5.78 Å². The Kier molecular flexibility index (Phi) is 2.02. The number of ketones is 1. The van der Waals surface area contributed by atoms with Crippen molar-refractivity contribution in [3.8, 4) is 0 Å². The Balaban J connectivity index is 3.53. The SMILES string of the molecule is CC(=O)c1c(N)cc(N)c(N)c1N. The van der Waals surface area contributed by atoms with Crippen LogP contribution in [0.25, 0.3) is 0 Å². The quantitative estimate of drug-likeness (QED) is 0.364. The summed E-state index contributed by atoms with van der Waals surface area (Å²) in [5, 5.41) is 0. The van der Waals surface area contributed by atoms with Gasteiger partial charge in [0.2, 0.25) is 0 Å². The van der Waals surface area contributed by atoms with Crippen molar-refractivity contribution < 1.29 is 4.79 Å². The molecule has 0 fully saturated rings. The van der Waals surface area contributed by atoms with Gasteiger partial charge < -0.3 is 22.9 Å². The average Bonchev–Trinajstić information content (AvgIpc) is 1.99. The molecule has 0 amide bonds. The summed E-state index contributed by atoms with van der Waals surface area (Å²) in [5.74, 6) is -0.221. The summed E-state index contributed by atoms with van der Waals surface area (Å²) in [5.41, 5.74) is 23.3. The molecule has 1 rings (SSSR count). The molecule has 0 aromatic heterocycles. The van der Waals surface area contributed by atoms with Crippen molar-refractivity contribution in [2.75, 3.05) is 22.9 Å². The molecule has 0 unspecified atom stereocenters. The second kappa shape index (κ2) is 2.85. The van der Waals surface area contributed by atoms with Gasteiger partial charge in [-0.25, -0.2) is 0 Å². The first-order chi connectivity index (χ1) is 5.95. The summed E-state index contributed by atoms with van der Waals surface area (Å²) in [4.78, 5) is 11.1. The van der Waals surface area contributed by atoms with E-state index in [-0.39, 0.29) is 28.4 Å². The van der Waals surface area contributed by atoms with Gasteiger partial charge in [0, 0.05) is 5.69 Å². The highest BCUT2D eigenvalue weighted by molar-refractivity contribution is 6.08. The van der Waals surface area contributed by atoms with E-state index in [1.807, 2.05) is 0 Å². The summed E-state index contributed by atoms with van der Waals surface area (Å²) in [6.45, 7) is 1.37. The van der Waals surface area contributed by atoms with E-state index < -0.39 is 0 Å². The monoisotopic (exact) mass is 180 g/mol. The fourth-order valence-corrected chi connectivity index (χ4v) is 1.16. The maximum Gasteiger partial charge on any atom is 0.164 e. The van der Waals surface area contributed by atoms with Crippen LogP contribution in [0.1, 0.15) is 17.3 Å². The van der Waals surface area contributed by atoms with Crippen molar-refractivity contribution >= 4 is 28.5 Å². The maximum atomic E-state index is 11.1. The fraction of sp³-hybridized carbons (Fsp3) is 0.125. The third-order valence-electron chi connectivity index (χ3n) is 1.82. The first-order valence-electron chi connectivity index (χ1n) is 3.69. The minimum absolute atomic E-state index is 0.157. The van der Waals surface area contributed by atoms with Crippen LogP contribution in [0.3, 0.4) is 0 Å². The third-order valence-corrected chi connectivity index (χ3v) is 1.82. The zero-order valence-corrected chi connectivity index (χ0v) is 7.29. The molecule has 13 heavy (non-hydrogen) atoms. The number of hydrogen-bond donors (Lipinski definition) is 4. The largest absolute Gasteiger partial charge is 0.398 e. The molecular formula is C8H12N4O. The number of nitrogen functional groups attached to an aromatic ring is 4. The zero-order chi connectivity index (χ0) is 10.2. The number of carbonyl (C=O) groups excluding carboxylic acids is 1. The van der Waals surface area contributed by atoms with E-state index in [9.17, 15) is 4.79 Å². The van der Waals surface area contributed by atoms with Crippen LogP contribution in [0.5, 0.6) is 0 Å². The molecule has 0 spiro atoms. The van der Waals surface area contributed by atoms with Gasteiger partial charge in [-0.1, -0.05) is 0 Å². The average molecular weight is 180 g/mol. The topological polar surface area (TPSA) is 121 Å². The van der Waals surface area contributed by atoms with Crippen molar-refractivity contribution in [3.63, 3.8) is 0 Å². The lowest BCUT2D eigenvalue weighted by Crippen LogP contribution is -2.09. The predicted molar refractivity (Wildman–Crippen MR) is 54.1 cm³/mol. The highest BCUT2D eigenvalue weighted by Crippen LogP contribution is 2.31. The van der Waals surface area contributed by atoms with E-state index in [4.69, 9.17) is 22.9 Å². The van der Waals surface area contributed by atoms with Crippen LogP contribution < -0.4 is 22.9 Å². The summed E-state index contributed by atoms with van der Waals surface area (Å²) in [6.07, 6.45) is 0. The number of rotatable bonds is 1. The first kappa shape index (κ1) is 9.18. The molecule has 0 atom stereocenters. The third kappa shape index (κ3) is 1.35. The van der Waals surface area contributed by atoms with Crippen molar-refractivity contribution in [2.24, 2.45) is 0 Å². The van der Waals surface area contributed by atoms with E-state index in [0.29, 0.717) is 5.69 Å².